The van der Waals surface area contributed by atoms with E-state index >= 15 is 0 Å². The molecular weight excluding hydrogens is 96.1 g/mol. The Labute approximate surface area is 52.3 Å². The molecule has 0 aromatic heterocycles. The van der Waals surface area contributed by atoms with Crippen molar-refractivity contribution >= 4 is 0 Å². The molecule has 1 rings (SSSR count). The molecule has 1 unspecified atom stereocenters. The fraction of sp³-hybridized carbons (Fsp3) is 0.875. The average Bonchev–Trinajstić information content (AvgIpc) is 1.77. The first-order chi connectivity index (χ1) is 3.80. The lowest BCUT2D eigenvalue weighted by atomic mass is 9.82. The number of hydrogen-bond donors (Lipinski definition) is 0. The smallest absolute Gasteiger partial charge is 0.0355 e. The lowest BCUT2D eigenvalue weighted by Crippen LogP contribution is -2.13. The van der Waals surface area contributed by atoms with Crippen LogP contribution in [0.3, 0.4) is 0 Å². The normalized spacial score (nSPS) is 39.8. The van der Waals surface area contributed by atoms with E-state index in [1.165, 1.54) is 19.3 Å². The van der Waals surface area contributed by atoms with Gasteiger partial charge in [0, 0.05) is 0 Å². The van der Waals surface area contributed by atoms with Crippen molar-refractivity contribution < 1.29 is 0 Å². The maximum absolute atomic E-state index is 2.45. The number of hydrogen-bond acceptors (Lipinski definition) is 0. The second-order valence-electron chi connectivity index (χ2n) is 3.00. The Kier molecular flexibility index (Phi) is 1.93. The monoisotopic (exact) mass is 111 g/mol. The Morgan fingerprint density at radius 1 is 1.38 bits per heavy atom. The van der Waals surface area contributed by atoms with Crippen molar-refractivity contribution in [3.8, 4) is 0 Å². The molecule has 0 aliphatic heterocycles. The Bertz CT molecular complexity index is 56.4. The van der Waals surface area contributed by atoms with Crippen LogP contribution in [0, 0.1) is 18.3 Å². The van der Waals surface area contributed by atoms with Gasteiger partial charge in [-0.3, -0.25) is 0 Å². The van der Waals surface area contributed by atoms with Crippen LogP contribution in [0.4, 0.5) is 0 Å². The number of rotatable bonds is 0. The molecule has 1 radical (unpaired) electrons. The van der Waals surface area contributed by atoms with Crippen LogP contribution >= 0.6 is 0 Å². The lowest BCUT2D eigenvalue weighted by molar-refractivity contribution is 0.344. The van der Waals surface area contributed by atoms with Gasteiger partial charge in [0.25, 0.3) is 0 Å². The van der Waals surface area contributed by atoms with E-state index in [1.807, 2.05) is 0 Å². The van der Waals surface area contributed by atoms with Gasteiger partial charge < -0.3 is 0 Å². The van der Waals surface area contributed by atoms with Crippen LogP contribution in [0.1, 0.15) is 33.1 Å². The van der Waals surface area contributed by atoms with Crippen LogP contribution in [-0.2, 0) is 0 Å². The quantitative estimate of drug-likeness (QED) is 0.451. The molecule has 0 bridgehead atoms. The third-order valence-corrected chi connectivity index (χ3v) is 2.30. The molecule has 0 saturated heterocycles. The second-order valence-corrected chi connectivity index (χ2v) is 3.00. The minimum Gasteiger partial charge on any atom is -0.0622 e. The van der Waals surface area contributed by atoms with E-state index in [2.05, 4.69) is 20.3 Å². The minimum atomic E-state index is 0.878. The van der Waals surface area contributed by atoms with Gasteiger partial charge in [-0.1, -0.05) is 26.7 Å². The van der Waals surface area contributed by atoms with Crippen molar-refractivity contribution in [3.05, 3.63) is 6.42 Å². The van der Waals surface area contributed by atoms with E-state index in [4.69, 9.17) is 0 Å². The van der Waals surface area contributed by atoms with Crippen LogP contribution < -0.4 is 0 Å². The van der Waals surface area contributed by atoms with Crippen molar-refractivity contribution in [1.29, 1.82) is 0 Å². The summed E-state index contributed by atoms with van der Waals surface area (Å²) in [5.41, 5.74) is 0. The van der Waals surface area contributed by atoms with Crippen molar-refractivity contribution in [2.45, 2.75) is 33.1 Å². The molecule has 0 heteroatoms. The van der Waals surface area contributed by atoms with Gasteiger partial charge in [-0.15, -0.1) is 0 Å². The molecule has 0 aromatic carbocycles. The Balaban J connectivity index is 2.28. The van der Waals surface area contributed by atoms with Gasteiger partial charge >= 0.3 is 0 Å². The van der Waals surface area contributed by atoms with E-state index in [0.29, 0.717) is 0 Å². The Morgan fingerprint density at radius 3 is 2.50 bits per heavy atom. The molecule has 8 heavy (non-hydrogen) atoms. The lowest BCUT2D eigenvalue weighted by Gasteiger charge is -2.24. The zero-order valence-electron chi connectivity index (χ0n) is 5.85. The molecule has 0 heterocycles. The fourth-order valence-corrected chi connectivity index (χ4v) is 1.32. The molecule has 0 amide bonds. The van der Waals surface area contributed by atoms with Crippen LogP contribution in [-0.4, -0.2) is 0 Å². The fourth-order valence-electron chi connectivity index (χ4n) is 1.32. The van der Waals surface area contributed by atoms with Crippen LogP contribution in [0.2, 0.25) is 0 Å². The van der Waals surface area contributed by atoms with E-state index in [0.717, 1.165) is 11.8 Å². The van der Waals surface area contributed by atoms with Gasteiger partial charge in [0.2, 0.25) is 0 Å². The highest BCUT2D eigenvalue weighted by atomic mass is 14.2. The summed E-state index contributed by atoms with van der Waals surface area (Å²) in [6.07, 6.45) is 6.67. The summed E-state index contributed by atoms with van der Waals surface area (Å²) in [4.78, 5) is 0. The molecule has 0 aromatic rings. The van der Waals surface area contributed by atoms with E-state index < -0.39 is 0 Å². The van der Waals surface area contributed by atoms with E-state index in [-0.39, 0.29) is 0 Å². The first-order valence-corrected chi connectivity index (χ1v) is 3.64. The molecular formula is C8H15. The molecule has 1 saturated carbocycles. The van der Waals surface area contributed by atoms with Crippen LogP contribution in [0.15, 0.2) is 0 Å². The highest BCUT2D eigenvalue weighted by Crippen LogP contribution is 2.27. The topological polar surface area (TPSA) is 0 Å². The van der Waals surface area contributed by atoms with Gasteiger partial charge in [-0.2, -0.15) is 0 Å². The molecule has 1 aliphatic carbocycles. The van der Waals surface area contributed by atoms with E-state index in [9.17, 15) is 0 Å². The first kappa shape index (κ1) is 6.12. The summed E-state index contributed by atoms with van der Waals surface area (Å²) < 4.78 is 0. The largest absolute Gasteiger partial charge is 0.0622 e. The summed E-state index contributed by atoms with van der Waals surface area (Å²) in [7, 11) is 0. The Morgan fingerprint density at radius 2 is 2.12 bits per heavy atom. The zero-order valence-corrected chi connectivity index (χ0v) is 5.85. The SMILES string of the molecule is CC1CCC[CH][C@H]1C. The highest BCUT2D eigenvalue weighted by molar-refractivity contribution is 4.81. The molecule has 0 N–H and O–H groups in total. The van der Waals surface area contributed by atoms with Crippen LogP contribution in [0.5, 0.6) is 0 Å². The van der Waals surface area contributed by atoms with E-state index in [1.54, 1.807) is 0 Å². The van der Waals surface area contributed by atoms with Crippen LogP contribution in [0.25, 0.3) is 0 Å². The summed E-state index contributed by atoms with van der Waals surface area (Å²) in [6.45, 7) is 4.67. The van der Waals surface area contributed by atoms with Gasteiger partial charge in [-0.25, -0.2) is 0 Å². The standard InChI is InChI=1S/C8H15/c1-7-5-3-4-6-8(7)2/h5,7-8H,3-4,6H2,1-2H3/t7-,8?/m1/s1. The summed E-state index contributed by atoms with van der Waals surface area (Å²) in [5, 5.41) is 0. The summed E-state index contributed by atoms with van der Waals surface area (Å²) in [6, 6.07) is 0. The Hall–Kier alpha value is 0. The molecule has 0 spiro atoms. The minimum absolute atomic E-state index is 0.878. The van der Waals surface area contributed by atoms with Gasteiger partial charge in [0.15, 0.2) is 0 Å². The molecule has 2 atom stereocenters. The van der Waals surface area contributed by atoms with Crippen molar-refractivity contribution in [3.63, 3.8) is 0 Å². The molecule has 0 nitrogen and oxygen atoms in total. The molecule has 1 aliphatic rings. The first-order valence-electron chi connectivity index (χ1n) is 3.64. The van der Waals surface area contributed by atoms with Gasteiger partial charge in [0.1, 0.15) is 0 Å². The maximum atomic E-state index is 2.45. The summed E-state index contributed by atoms with van der Waals surface area (Å²) >= 11 is 0. The van der Waals surface area contributed by atoms with Crippen molar-refractivity contribution in [2.24, 2.45) is 11.8 Å². The zero-order chi connectivity index (χ0) is 5.98. The predicted molar refractivity (Wildman–Crippen MR) is 36.5 cm³/mol. The van der Waals surface area contributed by atoms with Gasteiger partial charge in [0.05, 0.1) is 0 Å². The predicted octanol–water partition coefficient (Wildman–Crippen LogP) is 2.65. The maximum Gasteiger partial charge on any atom is -0.0355 e. The average molecular weight is 111 g/mol. The molecule has 47 valence electrons. The third kappa shape index (κ3) is 1.24. The van der Waals surface area contributed by atoms with Crippen molar-refractivity contribution in [1.82, 2.24) is 0 Å². The van der Waals surface area contributed by atoms with Gasteiger partial charge in [-0.05, 0) is 24.7 Å². The third-order valence-electron chi connectivity index (χ3n) is 2.30. The molecule has 1 fully saturated rings. The highest BCUT2D eigenvalue weighted by Gasteiger charge is 2.15. The summed E-state index contributed by atoms with van der Waals surface area (Å²) in [5.74, 6) is 1.83. The van der Waals surface area contributed by atoms with Crippen molar-refractivity contribution in [2.75, 3.05) is 0 Å². The second kappa shape index (κ2) is 2.52.